The lowest BCUT2D eigenvalue weighted by molar-refractivity contribution is 0.330. The Hall–Kier alpha value is -3.20. The van der Waals surface area contributed by atoms with Crippen LogP contribution in [0.15, 0.2) is 47.6 Å². The maximum atomic E-state index is 5.52. The highest BCUT2D eigenvalue weighted by molar-refractivity contribution is 5.79. The molecule has 0 fully saturated rings. The minimum atomic E-state index is 0.198. The maximum absolute atomic E-state index is 5.52. The third-order valence-electron chi connectivity index (χ3n) is 3.62. The summed E-state index contributed by atoms with van der Waals surface area (Å²) in [6.07, 6.45) is 7.88. The first-order valence-corrected chi connectivity index (χ1v) is 8.34. The van der Waals surface area contributed by atoms with Crippen LogP contribution in [0.2, 0.25) is 0 Å². The Bertz CT molecular complexity index is 754. The van der Waals surface area contributed by atoms with Crippen LogP contribution < -0.4 is 20.1 Å². The van der Waals surface area contributed by atoms with Crippen LogP contribution in [0.3, 0.4) is 0 Å². The Morgan fingerprint density at radius 3 is 2.81 bits per heavy atom. The molecular formula is C20H24N4O2. The van der Waals surface area contributed by atoms with E-state index in [0.29, 0.717) is 18.0 Å². The van der Waals surface area contributed by atoms with Crippen LogP contribution in [0.25, 0.3) is 0 Å². The molecule has 0 saturated carbocycles. The van der Waals surface area contributed by atoms with Gasteiger partial charge in [0.25, 0.3) is 0 Å². The van der Waals surface area contributed by atoms with Gasteiger partial charge in [-0.25, -0.2) is 0 Å². The zero-order valence-corrected chi connectivity index (χ0v) is 15.2. The molecule has 2 aromatic rings. The first-order valence-electron chi connectivity index (χ1n) is 8.34. The van der Waals surface area contributed by atoms with Crippen molar-refractivity contribution in [3.05, 3.63) is 53.9 Å². The summed E-state index contributed by atoms with van der Waals surface area (Å²) >= 11 is 0. The van der Waals surface area contributed by atoms with E-state index in [1.807, 2.05) is 36.4 Å². The zero-order chi connectivity index (χ0) is 18.6. The standard InChI is InChI=1S/C20H24N4O2/c1-4-13-26-19-14-16(8-9-18(19)25-3)15-24-20(21-2)23-12-10-17-7-5-6-11-22-17/h1,5-9,11,14H,10,12-13,15H2,2-3H3,(H2,21,23,24). The van der Waals surface area contributed by atoms with Gasteiger partial charge in [-0.2, -0.15) is 0 Å². The monoisotopic (exact) mass is 352 g/mol. The van der Waals surface area contributed by atoms with Crippen molar-refractivity contribution in [2.24, 2.45) is 4.99 Å². The second-order valence-electron chi connectivity index (χ2n) is 5.40. The third kappa shape index (κ3) is 6.02. The lowest BCUT2D eigenvalue weighted by Gasteiger charge is -2.14. The molecule has 26 heavy (non-hydrogen) atoms. The predicted octanol–water partition coefficient (Wildman–Crippen LogP) is 2.01. The Morgan fingerprint density at radius 1 is 1.23 bits per heavy atom. The van der Waals surface area contributed by atoms with Gasteiger partial charge in [-0.3, -0.25) is 9.98 Å². The second kappa shape index (κ2) is 10.6. The average molecular weight is 352 g/mol. The Morgan fingerprint density at radius 2 is 2.12 bits per heavy atom. The van der Waals surface area contributed by atoms with Crippen LogP contribution in [0.1, 0.15) is 11.3 Å². The SMILES string of the molecule is C#CCOc1cc(CNC(=NC)NCCc2ccccn2)ccc1OC. The molecule has 1 aromatic heterocycles. The number of aliphatic imine (C=N–C) groups is 1. The summed E-state index contributed by atoms with van der Waals surface area (Å²) in [4.78, 5) is 8.54. The molecule has 1 heterocycles. The first-order chi connectivity index (χ1) is 12.8. The van der Waals surface area contributed by atoms with E-state index in [9.17, 15) is 0 Å². The molecule has 0 radical (unpaired) electrons. The van der Waals surface area contributed by atoms with Crippen LogP contribution in [0, 0.1) is 12.3 Å². The van der Waals surface area contributed by atoms with Crippen LogP contribution in [-0.4, -0.2) is 38.3 Å². The highest BCUT2D eigenvalue weighted by atomic mass is 16.5. The molecule has 0 aliphatic heterocycles. The number of nitrogens with one attached hydrogen (secondary N) is 2. The van der Waals surface area contributed by atoms with E-state index in [0.717, 1.165) is 30.2 Å². The second-order valence-corrected chi connectivity index (χ2v) is 5.40. The number of aromatic nitrogens is 1. The highest BCUT2D eigenvalue weighted by Gasteiger charge is 2.06. The van der Waals surface area contributed by atoms with E-state index >= 15 is 0 Å². The number of guanidine groups is 1. The fourth-order valence-electron chi connectivity index (χ4n) is 2.32. The number of nitrogens with zero attached hydrogens (tertiary/aromatic N) is 2. The molecule has 0 unspecified atom stereocenters. The van der Waals surface area contributed by atoms with E-state index in [-0.39, 0.29) is 6.61 Å². The number of terminal acetylenes is 1. The summed E-state index contributed by atoms with van der Waals surface area (Å²) in [6.45, 7) is 1.54. The van der Waals surface area contributed by atoms with Gasteiger partial charge in [-0.1, -0.05) is 18.1 Å². The summed E-state index contributed by atoms with van der Waals surface area (Å²) in [7, 11) is 3.34. The minimum absolute atomic E-state index is 0.198. The van der Waals surface area contributed by atoms with Gasteiger partial charge >= 0.3 is 0 Å². The number of rotatable bonds is 8. The van der Waals surface area contributed by atoms with Crippen molar-refractivity contribution in [3.8, 4) is 23.8 Å². The molecule has 0 atom stereocenters. The molecule has 1 aromatic carbocycles. The van der Waals surface area contributed by atoms with Gasteiger partial charge in [0.1, 0.15) is 6.61 Å². The fourth-order valence-corrected chi connectivity index (χ4v) is 2.32. The third-order valence-corrected chi connectivity index (χ3v) is 3.62. The predicted molar refractivity (Wildman–Crippen MR) is 103 cm³/mol. The van der Waals surface area contributed by atoms with Crippen molar-refractivity contribution in [1.29, 1.82) is 0 Å². The summed E-state index contributed by atoms with van der Waals surface area (Å²) in [5, 5.41) is 6.55. The molecule has 0 amide bonds. The minimum Gasteiger partial charge on any atom is -0.493 e. The number of hydrogen-bond donors (Lipinski definition) is 2. The topological polar surface area (TPSA) is 67.8 Å². The molecule has 0 bridgehead atoms. The summed E-state index contributed by atoms with van der Waals surface area (Å²) in [6, 6.07) is 11.6. The van der Waals surface area contributed by atoms with Gasteiger partial charge in [0.05, 0.1) is 7.11 Å². The summed E-state index contributed by atoms with van der Waals surface area (Å²) < 4.78 is 10.8. The van der Waals surface area contributed by atoms with Crippen LogP contribution >= 0.6 is 0 Å². The van der Waals surface area contributed by atoms with Crippen molar-refractivity contribution in [2.45, 2.75) is 13.0 Å². The lowest BCUT2D eigenvalue weighted by Crippen LogP contribution is -2.37. The van der Waals surface area contributed by atoms with Gasteiger partial charge in [-0.15, -0.1) is 6.42 Å². The van der Waals surface area contributed by atoms with Crippen LogP contribution in [-0.2, 0) is 13.0 Å². The van der Waals surface area contributed by atoms with E-state index in [2.05, 4.69) is 26.5 Å². The largest absolute Gasteiger partial charge is 0.493 e. The molecule has 0 saturated heterocycles. The van der Waals surface area contributed by atoms with E-state index in [1.54, 1.807) is 20.4 Å². The number of hydrogen-bond acceptors (Lipinski definition) is 4. The van der Waals surface area contributed by atoms with Gasteiger partial charge in [0.15, 0.2) is 17.5 Å². The number of pyridine rings is 1. The Kier molecular flexibility index (Phi) is 7.81. The molecule has 2 rings (SSSR count). The van der Waals surface area contributed by atoms with Gasteiger partial charge < -0.3 is 20.1 Å². The molecule has 0 aliphatic rings. The highest BCUT2D eigenvalue weighted by Crippen LogP contribution is 2.27. The first kappa shape index (κ1) is 19.1. The van der Waals surface area contributed by atoms with Crippen molar-refractivity contribution in [2.75, 3.05) is 27.3 Å². The van der Waals surface area contributed by atoms with Crippen molar-refractivity contribution in [3.63, 3.8) is 0 Å². The quantitative estimate of drug-likeness (QED) is 0.432. The van der Waals surface area contributed by atoms with Gasteiger partial charge in [0.2, 0.25) is 0 Å². The normalized spacial score (nSPS) is 10.7. The number of ether oxygens (including phenoxy) is 2. The molecule has 136 valence electrons. The molecule has 2 N–H and O–H groups in total. The number of benzene rings is 1. The zero-order valence-electron chi connectivity index (χ0n) is 15.2. The van der Waals surface area contributed by atoms with Crippen molar-refractivity contribution >= 4 is 5.96 Å². The smallest absolute Gasteiger partial charge is 0.191 e. The summed E-state index contributed by atoms with van der Waals surface area (Å²) in [5.41, 5.74) is 2.08. The van der Waals surface area contributed by atoms with Crippen molar-refractivity contribution < 1.29 is 9.47 Å². The van der Waals surface area contributed by atoms with Gasteiger partial charge in [-0.05, 0) is 29.8 Å². The van der Waals surface area contributed by atoms with E-state index < -0.39 is 0 Å². The molecule has 6 nitrogen and oxygen atoms in total. The molecule has 0 aliphatic carbocycles. The maximum Gasteiger partial charge on any atom is 0.191 e. The molecular weight excluding hydrogens is 328 g/mol. The summed E-state index contributed by atoms with van der Waals surface area (Å²) in [5.74, 6) is 4.46. The molecule has 0 spiro atoms. The van der Waals surface area contributed by atoms with E-state index in [1.165, 1.54) is 0 Å². The van der Waals surface area contributed by atoms with Crippen LogP contribution in [0.5, 0.6) is 11.5 Å². The van der Waals surface area contributed by atoms with Crippen molar-refractivity contribution in [1.82, 2.24) is 15.6 Å². The lowest BCUT2D eigenvalue weighted by atomic mass is 10.2. The molecule has 6 heteroatoms. The Labute approximate surface area is 154 Å². The average Bonchev–Trinajstić information content (AvgIpc) is 2.69. The Balaban J connectivity index is 1.86. The van der Waals surface area contributed by atoms with Crippen LogP contribution in [0.4, 0.5) is 0 Å². The van der Waals surface area contributed by atoms with Gasteiger partial charge in [0, 0.05) is 38.4 Å². The van der Waals surface area contributed by atoms with E-state index in [4.69, 9.17) is 15.9 Å². The fraction of sp³-hybridized carbons (Fsp3) is 0.300. The number of methoxy groups -OCH3 is 1.